The summed E-state index contributed by atoms with van der Waals surface area (Å²) in [4.78, 5) is 18.1. The number of rotatable bonds is 5. The van der Waals surface area contributed by atoms with E-state index in [9.17, 15) is 14.3 Å². The van der Waals surface area contributed by atoms with E-state index in [4.69, 9.17) is 0 Å². The third kappa shape index (κ3) is 3.89. The van der Waals surface area contributed by atoms with Gasteiger partial charge in [-0.25, -0.2) is 9.37 Å². The van der Waals surface area contributed by atoms with Crippen LogP contribution in [0, 0.1) is 11.7 Å². The van der Waals surface area contributed by atoms with Gasteiger partial charge in [0.2, 0.25) is 0 Å². The number of pyridine rings is 1. The molecule has 24 heavy (non-hydrogen) atoms. The minimum Gasteiger partial charge on any atom is -0.505 e. The third-order valence-corrected chi connectivity index (χ3v) is 4.27. The second-order valence-corrected chi connectivity index (χ2v) is 6.06. The summed E-state index contributed by atoms with van der Waals surface area (Å²) in [6.45, 7) is 2.79. The molecule has 0 aliphatic carbocycles. The fourth-order valence-electron chi connectivity index (χ4n) is 2.98. The van der Waals surface area contributed by atoms with Crippen LogP contribution in [0.1, 0.15) is 22.5 Å². The predicted molar refractivity (Wildman–Crippen MR) is 88.0 cm³/mol. The molecule has 2 heterocycles. The number of likely N-dealkylation sites (tertiary alicyclic amines) is 1. The molecule has 0 radical (unpaired) electrons. The molecule has 126 valence electrons. The summed E-state index contributed by atoms with van der Waals surface area (Å²) in [5, 5.41) is 12.5. The smallest absolute Gasteiger partial charge is 0.273 e. The first-order valence-corrected chi connectivity index (χ1v) is 8.01. The first-order chi connectivity index (χ1) is 11.6. The van der Waals surface area contributed by atoms with Gasteiger partial charge in [-0.2, -0.15) is 0 Å². The maximum Gasteiger partial charge on any atom is 0.273 e. The Morgan fingerprint density at radius 3 is 2.96 bits per heavy atom. The molecule has 0 saturated carbocycles. The number of amides is 1. The van der Waals surface area contributed by atoms with Gasteiger partial charge in [0.1, 0.15) is 11.6 Å². The quantitative estimate of drug-likeness (QED) is 0.882. The molecule has 1 amide bonds. The number of aromatic hydroxyl groups is 1. The fraction of sp³-hybridized carbons (Fsp3) is 0.333. The van der Waals surface area contributed by atoms with Crippen molar-refractivity contribution in [2.75, 3.05) is 19.6 Å². The van der Waals surface area contributed by atoms with Crippen molar-refractivity contribution >= 4 is 5.91 Å². The van der Waals surface area contributed by atoms with Crippen LogP contribution in [0.15, 0.2) is 42.6 Å². The number of carbonyl (C=O) groups is 1. The van der Waals surface area contributed by atoms with Gasteiger partial charge < -0.3 is 10.4 Å². The first-order valence-electron chi connectivity index (χ1n) is 8.01. The second-order valence-electron chi connectivity index (χ2n) is 6.06. The number of hydrogen-bond acceptors (Lipinski definition) is 4. The standard InChI is InChI=1S/C18H20FN3O2/c19-15-5-2-1-4-14(15)12-22-9-7-13(11-22)10-21-18(24)17-16(23)6-3-8-20-17/h1-6,8,13,23H,7,9-12H2,(H,21,24)/t13-/m0/s1. The van der Waals surface area contributed by atoms with Crippen LogP contribution in [0.5, 0.6) is 5.75 Å². The average molecular weight is 329 g/mol. The van der Waals surface area contributed by atoms with Gasteiger partial charge in [0.25, 0.3) is 5.91 Å². The molecule has 6 heteroatoms. The van der Waals surface area contributed by atoms with Crippen LogP contribution in [0.25, 0.3) is 0 Å². The molecule has 1 atom stereocenters. The van der Waals surface area contributed by atoms with E-state index in [1.807, 2.05) is 6.07 Å². The van der Waals surface area contributed by atoms with Gasteiger partial charge in [-0.1, -0.05) is 18.2 Å². The highest BCUT2D eigenvalue weighted by Crippen LogP contribution is 2.20. The molecule has 0 spiro atoms. The van der Waals surface area contributed by atoms with Crippen molar-refractivity contribution in [1.82, 2.24) is 15.2 Å². The van der Waals surface area contributed by atoms with Gasteiger partial charge in [0.05, 0.1) is 0 Å². The Bertz CT molecular complexity index is 723. The second kappa shape index (κ2) is 7.40. The summed E-state index contributed by atoms with van der Waals surface area (Å²) in [7, 11) is 0. The normalized spacial score (nSPS) is 17.8. The third-order valence-electron chi connectivity index (χ3n) is 4.27. The van der Waals surface area contributed by atoms with E-state index in [0.717, 1.165) is 19.5 Å². The highest BCUT2D eigenvalue weighted by molar-refractivity contribution is 5.94. The van der Waals surface area contributed by atoms with E-state index < -0.39 is 0 Å². The number of benzene rings is 1. The van der Waals surface area contributed by atoms with Crippen molar-refractivity contribution in [1.29, 1.82) is 0 Å². The number of hydrogen-bond donors (Lipinski definition) is 2. The van der Waals surface area contributed by atoms with Crippen LogP contribution < -0.4 is 5.32 Å². The number of carbonyl (C=O) groups excluding carboxylic acids is 1. The van der Waals surface area contributed by atoms with Crippen molar-refractivity contribution in [2.45, 2.75) is 13.0 Å². The van der Waals surface area contributed by atoms with E-state index >= 15 is 0 Å². The van der Waals surface area contributed by atoms with E-state index in [2.05, 4.69) is 15.2 Å². The van der Waals surface area contributed by atoms with E-state index in [1.54, 1.807) is 18.2 Å². The molecule has 1 fully saturated rings. The lowest BCUT2D eigenvalue weighted by Crippen LogP contribution is -2.31. The maximum atomic E-state index is 13.7. The number of nitrogens with zero attached hydrogens (tertiary/aromatic N) is 2. The Morgan fingerprint density at radius 2 is 2.17 bits per heavy atom. The zero-order valence-corrected chi connectivity index (χ0v) is 13.3. The van der Waals surface area contributed by atoms with Crippen molar-refractivity contribution in [3.05, 3.63) is 59.7 Å². The Hall–Kier alpha value is -2.47. The molecular weight excluding hydrogens is 309 g/mol. The van der Waals surface area contributed by atoms with Crippen molar-refractivity contribution in [2.24, 2.45) is 5.92 Å². The lowest BCUT2D eigenvalue weighted by atomic mass is 10.1. The van der Waals surface area contributed by atoms with E-state index in [0.29, 0.717) is 24.6 Å². The molecule has 0 unspecified atom stereocenters. The summed E-state index contributed by atoms with van der Waals surface area (Å²) >= 11 is 0. The first kappa shape index (κ1) is 16.4. The lowest BCUT2D eigenvalue weighted by molar-refractivity contribution is 0.0939. The van der Waals surface area contributed by atoms with Crippen molar-refractivity contribution in [3.8, 4) is 5.75 Å². The number of nitrogens with one attached hydrogen (secondary N) is 1. The summed E-state index contributed by atoms with van der Waals surface area (Å²) in [6, 6.07) is 9.81. The van der Waals surface area contributed by atoms with Crippen LogP contribution in [0.2, 0.25) is 0 Å². The predicted octanol–water partition coefficient (Wildman–Crippen LogP) is 2.18. The topological polar surface area (TPSA) is 65.5 Å². The number of halogens is 1. The molecular formula is C18H20FN3O2. The average Bonchev–Trinajstić information content (AvgIpc) is 3.03. The molecule has 1 aromatic heterocycles. The Labute approximate surface area is 140 Å². The largest absolute Gasteiger partial charge is 0.505 e. The highest BCUT2D eigenvalue weighted by Gasteiger charge is 2.24. The van der Waals surface area contributed by atoms with E-state index in [1.165, 1.54) is 18.3 Å². The Balaban J connectivity index is 1.49. The number of aromatic nitrogens is 1. The molecule has 1 saturated heterocycles. The lowest BCUT2D eigenvalue weighted by Gasteiger charge is -2.16. The van der Waals surface area contributed by atoms with Gasteiger partial charge in [-0.15, -0.1) is 0 Å². The van der Waals surface area contributed by atoms with Gasteiger partial charge in [0, 0.05) is 31.4 Å². The molecule has 0 bridgehead atoms. The molecule has 1 aromatic carbocycles. The SMILES string of the molecule is O=C(NC[C@@H]1CCN(Cc2ccccc2F)C1)c1ncccc1O. The Morgan fingerprint density at radius 1 is 1.33 bits per heavy atom. The molecule has 1 aliphatic heterocycles. The van der Waals surface area contributed by atoms with Gasteiger partial charge in [-0.05, 0) is 37.1 Å². The minimum absolute atomic E-state index is 0.0405. The zero-order chi connectivity index (χ0) is 16.9. The van der Waals surface area contributed by atoms with Crippen molar-refractivity contribution < 1.29 is 14.3 Å². The van der Waals surface area contributed by atoms with E-state index in [-0.39, 0.29) is 23.2 Å². The van der Waals surface area contributed by atoms with Crippen LogP contribution in [-0.2, 0) is 6.54 Å². The summed E-state index contributed by atoms with van der Waals surface area (Å²) in [6.07, 6.45) is 2.42. The Kier molecular flexibility index (Phi) is 5.05. The van der Waals surface area contributed by atoms with Crippen molar-refractivity contribution in [3.63, 3.8) is 0 Å². The van der Waals surface area contributed by atoms with Crippen LogP contribution >= 0.6 is 0 Å². The summed E-state index contributed by atoms with van der Waals surface area (Å²) in [5.41, 5.74) is 0.735. The summed E-state index contributed by atoms with van der Waals surface area (Å²) < 4.78 is 13.7. The minimum atomic E-state index is -0.374. The molecule has 2 aromatic rings. The monoisotopic (exact) mass is 329 g/mol. The molecule has 1 aliphatic rings. The van der Waals surface area contributed by atoms with Crippen LogP contribution in [0.4, 0.5) is 4.39 Å². The zero-order valence-electron chi connectivity index (χ0n) is 13.3. The van der Waals surface area contributed by atoms with Gasteiger partial charge in [0.15, 0.2) is 5.69 Å². The highest BCUT2D eigenvalue weighted by atomic mass is 19.1. The molecule has 3 rings (SSSR count). The van der Waals surface area contributed by atoms with Gasteiger partial charge >= 0.3 is 0 Å². The maximum absolute atomic E-state index is 13.7. The van der Waals surface area contributed by atoms with Crippen LogP contribution in [0.3, 0.4) is 0 Å². The summed E-state index contributed by atoms with van der Waals surface area (Å²) in [5.74, 6) is -0.366. The fourth-order valence-corrected chi connectivity index (χ4v) is 2.98. The molecule has 2 N–H and O–H groups in total. The molecule has 5 nitrogen and oxygen atoms in total. The van der Waals surface area contributed by atoms with Gasteiger partial charge in [-0.3, -0.25) is 9.69 Å². The van der Waals surface area contributed by atoms with Crippen LogP contribution in [-0.4, -0.2) is 40.5 Å².